The van der Waals surface area contributed by atoms with Crippen molar-refractivity contribution in [2.45, 2.75) is 13.1 Å². The molecule has 6 nitrogen and oxygen atoms in total. The molecular formula is C16H14F3N5O. The van der Waals surface area contributed by atoms with Gasteiger partial charge in [-0.3, -0.25) is 9.69 Å². The number of carbonyl (C=O) groups is 1. The van der Waals surface area contributed by atoms with Gasteiger partial charge < -0.3 is 0 Å². The van der Waals surface area contributed by atoms with Crippen molar-refractivity contribution in [3.8, 4) is 0 Å². The Morgan fingerprint density at radius 3 is 2.64 bits per heavy atom. The smallest absolute Gasteiger partial charge is 0.296 e. The Kier molecular flexibility index (Phi) is 3.94. The fourth-order valence-corrected chi connectivity index (χ4v) is 2.48. The summed E-state index contributed by atoms with van der Waals surface area (Å²) in [6, 6.07) is 6.32. The lowest BCUT2D eigenvalue weighted by atomic mass is 10.1. The molecule has 0 aromatic carbocycles. The summed E-state index contributed by atoms with van der Waals surface area (Å²) in [5.41, 5.74) is -0.266. The van der Waals surface area contributed by atoms with Gasteiger partial charge in [0.05, 0.1) is 10.9 Å². The molecule has 0 aliphatic carbocycles. The molecule has 3 aromatic rings. The Morgan fingerprint density at radius 2 is 2.00 bits per heavy atom. The van der Waals surface area contributed by atoms with E-state index in [4.69, 9.17) is 0 Å². The van der Waals surface area contributed by atoms with Crippen molar-refractivity contribution in [3.05, 3.63) is 47.4 Å². The summed E-state index contributed by atoms with van der Waals surface area (Å²) in [4.78, 5) is 22.1. The van der Waals surface area contributed by atoms with Crippen LogP contribution in [-0.4, -0.2) is 32.7 Å². The number of aromatic nitrogens is 4. The van der Waals surface area contributed by atoms with E-state index in [1.54, 1.807) is 25.1 Å². The first-order valence-electron chi connectivity index (χ1n) is 7.30. The highest BCUT2D eigenvalue weighted by molar-refractivity contribution is 6.06. The van der Waals surface area contributed by atoms with Crippen LogP contribution in [0.2, 0.25) is 0 Å². The number of hydrogen-bond acceptors (Lipinski definition) is 4. The van der Waals surface area contributed by atoms with E-state index in [1.807, 2.05) is 0 Å². The average Bonchev–Trinajstić information content (AvgIpc) is 2.90. The van der Waals surface area contributed by atoms with Crippen molar-refractivity contribution < 1.29 is 18.0 Å². The Balaban J connectivity index is 2.05. The Bertz CT molecular complexity index is 964. The molecule has 25 heavy (non-hydrogen) atoms. The minimum Gasteiger partial charge on any atom is -0.296 e. The van der Waals surface area contributed by atoms with Crippen molar-refractivity contribution in [1.29, 1.82) is 0 Å². The van der Waals surface area contributed by atoms with Gasteiger partial charge in [0.15, 0.2) is 11.3 Å². The van der Waals surface area contributed by atoms with Gasteiger partial charge in [-0.2, -0.15) is 18.3 Å². The first-order chi connectivity index (χ1) is 11.7. The van der Waals surface area contributed by atoms with Gasteiger partial charge in [0.25, 0.3) is 5.91 Å². The maximum atomic E-state index is 13.1. The van der Waals surface area contributed by atoms with E-state index in [0.717, 1.165) is 16.4 Å². The first kappa shape index (κ1) is 16.9. The molecule has 0 N–H and O–H groups in total. The van der Waals surface area contributed by atoms with E-state index in [9.17, 15) is 18.0 Å². The summed E-state index contributed by atoms with van der Waals surface area (Å²) in [7, 11) is 2.87. The van der Waals surface area contributed by atoms with Crippen LogP contribution in [0.1, 0.15) is 21.7 Å². The lowest BCUT2D eigenvalue weighted by Crippen LogP contribution is -2.27. The van der Waals surface area contributed by atoms with Gasteiger partial charge in [0.1, 0.15) is 5.82 Å². The van der Waals surface area contributed by atoms with Crippen LogP contribution in [0.25, 0.3) is 11.0 Å². The molecule has 0 spiro atoms. The van der Waals surface area contributed by atoms with Crippen LogP contribution in [-0.2, 0) is 13.2 Å². The first-order valence-corrected chi connectivity index (χ1v) is 7.30. The largest absolute Gasteiger partial charge is 0.435 e. The van der Waals surface area contributed by atoms with E-state index in [1.165, 1.54) is 25.2 Å². The number of aryl methyl sites for hydroxylation is 2. The molecule has 9 heteroatoms. The summed E-state index contributed by atoms with van der Waals surface area (Å²) in [6.07, 6.45) is -3.40. The standard InChI is InChI=1S/C16H14F3N5O/c1-9-5-4-6-12(21-9)23(2)15(25)10-7-11-13(16(17,18)19)22-24(3)14(11)20-8-10/h4-8H,1-3H3. The lowest BCUT2D eigenvalue weighted by molar-refractivity contribution is -0.140. The van der Waals surface area contributed by atoms with Gasteiger partial charge in [-0.15, -0.1) is 0 Å². The fraction of sp³-hybridized carbons (Fsp3) is 0.250. The van der Waals surface area contributed by atoms with Crippen LogP contribution in [0.4, 0.5) is 19.0 Å². The number of rotatable bonds is 2. The number of nitrogens with zero attached hydrogens (tertiary/aromatic N) is 5. The lowest BCUT2D eigenvalue weighted by Gasteiger charge is -2.16. The summed E-state index contributed by atoms with van der Waals surface area (Å²) in [5.74, 6) is -0.114. The summed E-state index contributed by atoms with van der Waals surface area (Å²) >= 11 is 0. The number of hydrogen-bond donors (Lipinski definition) is 0. The van der Waals surface area contributed by atoms with Gasteiger partial charge in [-0.05, 0) is 25.1 Å². The van der Waals surface area contributed by atoms with E-state index in [-0.39, 0.29) is 16.6 Å². The highest BCUT2D eigenvalue weighted by Gasteiger charge is 2.37. The van der Waals surface area contributed by atoms with Gasteiger partial charge in [-0.1, -0.05) is 6.07 Å². The fourth-order valence-electron chi connectivity index (χ4n) is 2.48. The molecule has 3 aromatic heterocycles. The number of alkyl halides is 3. The molecule has 0 aliphatic rings. The monoisotopic (exact) mass is 349 g/mol. The minimum atomic E-state index is -4.63. The molecule has 0 bridgehead atoms. The highest BCUT2D eigenvalue weighted by atomic mass is 19.4. The maximum absolute atomic E-state index is 13.1. The van der Waals surface area contributed by atoms with Crippen LogP contribution < -0.4 is 4.90 Å². The zero-order chi connectivity index (χ0) is 18.4. The van der Waals surface area contributed by atoms with Crippen LogP contribution in [0.3, 0.4) is 0 Å². The molecule has 0 atom stereocenters. The van der Waals surface area contributed by atoms with E-state index in [2.05, 4.69) is 15.1 Å². The minimum absolute atomic E-state index is 0.0248. The second kappa shape index (κ2) is 5.83. The van der Waals surface area contributed by atoms with Crippen LogP contribution in [0, 0.1) is 6.92 Å². The third-order valence-electron chi connectivity index (χ3n) is 3.72. The molecule has 130 valence electrons. The predicted molar refractivity (Wildman–Crippen MR) is 85.2 cm³/mol. The number of anilines is 1. The molecule has 0 saturated heterocycles. The van der Waals surface area contributed by atoms with E-state index < -0.39 is 17.8 Å². The van der Waals surface area contributed by atoms with Crippen molar-refractivity contribution in [1.82, 2.24) is 19.7 Å². The molecule has 0 unspecified atom stereocenters. The van der Waals surface area contributed by atoms with Gasteiger partial charge >= 0.3 is 6.18 Å². The van der Waals surface area contributed by atoms with Crippen molar-refractivity contribution in [2.24, 2.45) is 7.05 Å². The Labute approximate surface area is 140 Å². The van der Waals surface area contributed by atoms with Gasteiger partial charge in [-0.25, -0.2) is 14.6 Å². The number of amides is 1. The SMILES string of the molecule is Cc1cccc(N(C)C(=O)c2cnc3c(c2)c(C(F)(F)F)nn3C)n1. The number of halogens is 3. The quantitative estimate of drug-likeness (QED) is 0.714. The average molecular weight is 349 g/mol. The topological polar surface area (TPSA) is 63.9 Å². The summed E-state index contributed by atoms with van der Waals surface area (Å²) in [6.45, 7) is 1.78. The van der Waals surface area contributed by atoms with Crippen LogP contribution in [0.5, 0.6) is 0 Å². The second-order valence-electron chi connectivity index (χ2n) is 5.57. The molecule has 0 radical (unpaired) electrons. The zero-order valence-electron chi connectivity index (χ0n) is 13.7. The number of pyridine rings is 2. The second-order valence-corrected chi connectivity index (χ2v) is 5.57. The third-order valence-corrected chi connectivity index (χ3v) is 3.72. The molecule has 0 aliphatic heterocycles. The van der Waals surface area contributed by atoms with Gasteiger partial charge in [0.2, 0.25) is 0 Å². The summed E-state index contributed by atoms with van der Waals surface area (Å²) < 4.78 is 40.4. The maximum Gasteiger partial charge on any atom is 0.435 e. The molecule has 0 saturated carbocycles. The molecule has 1 amide bonds. The van der Waals surface area contributed by atoms with Crippen LogP contribution in [0.15, 0.2) is 30.5 Å². The third kappa shape index (κ3) is 3.04. The van der Waals surface area contributed by atoms with Crippen molar-refractivity contribution in [2.75, 3.05) is 11.9 Å². The van der Waals surface area contributed by atoms with E-state index >= 15 is 0 Å². The van der Waals surface area contributed by atoms with Gasteiger partial charge in [0, 0.05) is 26.0 Å². The Hall–Kier alpha value is -2.97. The highest BCUT2D eigenvalue weighted by Crippen LogP contribution is 2.33. The molecule has 3 heterocycles. The number of carbonyl (C=O) groups excluding carboxylic acids is 1. The van der Waals surface area contributed by atoms with E-state index in [0.29, 0.717) is 5.82 Å². The van der Waals surface area contributed by atoms with Crippen molar-refractivity contribution in [3.63, 3.8) is 0 Å². The predicted octanol–water partition coefficient (Wildman–Crippen LogP) is 2.97. The molecular weight excluding hydrogens is 335 g/mol. The van der Waals surface area contributed by atoms with Crippen molar-refractivity contribution >= 4 is 22.8 Å². The zero-order valence-corrected chi connectivity index (χ0v) is 13.7. The number of fused-ring (bicyclic) bond motifs is 1. The normalized spacial score (nSPS) is 11.8. The van der Waals surface area contributed by atoms with Crippen LogP contribution >= 0.6 is 0 Å². The molecule has 0 fully saturated rings. The Morgan fingerprint density at radius 1 is 1.28 bits per heavy atom. The summed E-state index contributed by atoms with van der Waals surface area (Å²) in [5, 5.41) is 3.25. The molecule has 3 rings (SSSR count).